The van der Waals surface area contributed by atoms with Crippen molar-refractivity contribution in [1.82, 2.24) is 14.8 Å². The number of aromatic nitrogens is 3. The number of hydrogen-bond acceptors (Lipinski definition) is 4. The van der Waals surface area contributed by atoms with Crippen LogP contribution in [0.1, 0.15) is 13.8 Å². The Morgan fingerprint density at radius 2 is 2.28 bits per heavy atom. The number of rotatable bonds is 4. The van der Waals surface area contributed by atoms with Gasteiger partial charge < -0.3 is 0 Å². The minimum atomic E-state index is -0.146. The van der Waals surface area contributed by atoms with Crippen molar-refractivity contribution in [2.24, 2.45) is 0 Å². The summed E-state index contributed by atoms with van der Waals surface area (Å²) in [6.07, 6.45) is 1.61. The van der Waals surface area contributed by atoms with E-state index in [0.29, 0.717) is 10.2 Å². The van der Waals surface area contributed by atoms with Crippen molar-refractivity contribution in [2.75, 3.05) is 0 Å². The highest BCUT2D eigenvalue weighted by molar-refractivity contribution is 8.00. The van der Waals surface area contributed by atoms with E-state index in [0.717, 1.165) is 5.69 Å². The molecule has 0 fully saturated rings. The predicted octanol–water partition coefficient (Wildman–Crippen LogP) is 2.99. The lowest BCUT2D eigenvalue weighted by atomic mass is 10.3. The Balaban J connectivity index is 2.30. The van der Waals surface area contributed by atoms with Gasteiger partial charge in [0.05, 0.1) is 10.9 Å². The van der Waals surface area contributed by atoms with E-state index in [2.05, 4.69) is 10.2 Å². The molecule has 0 amide bonds. The van der Waals surface area contributed by atoms with Crippen LogP contribution in [0.5, 0.6) is 0 Å². The van der Waals surface area contributed by atoms with Gasteiger partial charge in [-0.15, -0.1) is 10.2 Å². The largest absolute Gasteiger partial charge is 0.299 e. The highest BCUT2D eigenvalue weighted by Crippen LogP contribution is 2.25. The summed E-state index contributed by atoms with van der Waals surface area (Å²) in [6, 6.07) is 7.41. The highest BCUT2D eigenvalue weighted by Gasteiger charge is 2.15. The van der Waals surface area contributed by atoms with Crippen LogP contribution in [0.4, 0.5) is 0 Å². The Kier molecular flexibility index (Phi) is 4.04. The van der Waals surface area contributed by atoms with Gasteiger partial charge in [-0.05, 0) is 32.0 Å². The highest BCUT2D eigenvalue weighted by atomic mass is 35.5. The van der Waals surface area contributed by atoms with E-state index in [-0.39, 0.29) is 11.0 Å². The topological polar surface area (TPSA) is 47.8 Å². The molecule has 4 nitrogen and oxygen atoms in total. The molecule has 0 saturated heterocycles. The molecule has 1 aromatic carbocycles. The minimum absolute atomic E-state index is 0.112. The van der Waals surface area contributed by atoms with Crippen molar-refractivity contribution < 1.29 is 4.79 Å². The van der Waals surface area contributed by atoms with Gasteiger partial charge >= 0.3 is 0 Å². The van der Waals surface area contributed by atoms with Crippen molar-refractivity contribution in [2.45, 2.75) is 24.3 Å². The van der Waals surface area contributed by atoms with Gasteiger partial charge in [0, 0.05) is 5.02 Å². The zero-order chi connectivity index (χ0) is 13.1. The van der Waals surface area contributed by atoms with Gasteiger partial charge in [0.2, 0.25) is 0 Å². The lowest BCUT2D eigenvalue weighted by molar-refractivity contribution is -0.116. The first-order valence-corrected chi connectivity index (χ1v) is 6.67. The quantitative estimate of drug-likeness (QED) is 0.809. The first-order valence-electron chi connectivity index (χ1n) is 5.41. The molecule has 0 aliphatic heterocycles. The maximum Gasteiger partial charge on any atom is 0.196 e. The van der Waals surface area contributed by atoms with Gasteiger partial charge in [-0.3, -0.25) is 9.36 Å². The number of carbonyl (C=O) groups excluding carboxylic acids is 1. The van der Waals surface area contributed by atoms with Crippen molar-refractivity contribution in [1.29, 1.82) is 0 Å². The van der Waals surface area contributed by atoms with Crippen LogP contribution in [-0.2, 0) is 4.79 Å². The summed E-state index contributed by atoms with van der Waals surface area (Å²) in [7, 11) is 0. The van der Waals surface area contributed by atoms with E-state index >= 15 is 0 Å². The van der Waals surface area contributed by atoms with E-state index in [9.17, 15) is 4.79 Å². The number of halogens is 1. The van der Waals surface area contributed by atoms with Gasteiger partial charge in [0.1, 0.15) is 12.1 Å². The fourth-order valence-corrected chi connectivity index (χ4v) is 2.38. The first-order chi connectivity index (χ1) is 8.58. The SMILES string of the molecule is CC(=O)C(C)Sc1nncn1-c1cccc(Cl)c1. The number of benzene rings is 1. The van der Waals surface area contributed by atoms with Crippen LogP contribution in [-0.4, -0.2) is 25.8 Å². The summed E-state index contributed by atoms with van der Waals surface area (Å²) >= 11 is 7.34. The van der Waals surface area contributed by atoms with Gasteiger partial charge in [0.15, 0.2) is 5.16 Å². The monoisotopic (exact) mass is 281 g/mol. The van der Waals surface area contributed by atoms with E-state index < -0.39 is 0 Å². The summed E-state index contributed by atoms with van der Waals surface area (Å²) in [5, 5.41) is 9.09. The number of Topliss-reactive ketones (excluding diaryl/α,β-unsaturated/α-hetero) is 1. The fraction of sp³-hybridized carbons (Fsp3) is 0.250. The lowest BCUT2D eigenvalue weighted by Gasteiger charge is -2.09. The molecule has 1 aromatic heterocycles. The minimum Gasteiger partial charge on any atom is -0.299 e. The zero-order valence-electron chi connectivity index (χ0n) is 10.0. The standard InChI is InChI=1S/C12H12ClN3OS/c1-8(17)9(2)18-12-15-14-7-16(12)11-5-3-4-10(13)6-11/h3-7,9H,1-2H3. The van der Waals surface area contributed by atoms with Crippen LogP contribution in [0.2, 0.25) is 5.02 Å². The van der Waals surface area contributed by atoms with Crippen LogP contribution in [0.15, 0.2) is 35.7 Å². The second-order valence-corrected chi connectivity index (χ2v) is 5.58. The van der Waals surface area contributed by atoms with Crippen molar-refractivity contribution in [3.63, 3.8) is 0 Å². The van der Waals surface area contributed by atoms with Crippen LogP contribution >= 0.6 is 23.4 Å². The Morgan fingerprint density at radius 1 is 1.50 bits per heavy atom. The molecule has 2 rings (SSSR count). The number of carbonyl (C=O) groups is 1. The molecule has 0 spiro atoms. The maximum atomic E-state index is 11.3. The molecule has 2 aromatic rings. The smallest absolute Gasteiger partial charge is 0.196 e. The molecule has 0 radical (unpaired) electrons. The summed E-state index contributed by atoms with van der Waals surface area (Å²) in [5.74, 6) is 0.112. The van der Waals surface area contributed by atoms with Crippen LogP contribution in [0.25, 0.3) is 5.69 Å². The molecule has 1 unspecified atom stereocenters. The van der Waals surface area contributed by atoms with Crippen molar-refractivity contribution in [3.05, 3.63) is 35.6 Å². The molecule has 0 aliphatic rings. The number of ketones is 1. The van der Waals surface area contributed by atoms with Crippen LogP contribution in [0.3, 0.4) is 0 Å². The first kappa shape index (κ1) is 13.1. The number of nitrogens with zero attached hydrogens (tertiary/aromatic N) is 3. The van der Waals surface area contributed by atoms with E-state index in [1.54, 1.807) is 19.3 Å². The van der Waals surface area contributed by atoms with Crippen molar-refractivity contribution in [3.8, 4) is 5.69 Å². The molecule has 0 bridgehead atoms. The van der Waals surface area contributed by atoms with Gasteiger partial charge in [-0.1, -0.05) is 29.4 Å². The second kappa shape index (κ2) is 5.54. The average Bonchev–Trinajstić information content (AvgIpc) is 2.77. The lowest BCUT2D eigenvalue weighted by Crippen LogP contribution is -2.09. The molecular weight excluding hydrogens is 270 g/mol. The number of hydrogen-bond donors (Lipinski definition) is 0. The molecule has 0 aliphatic carbocycles. The maximum absolute atomic E-state index is 11.3. The summed E-state index contributed by atoms with van der Waals surface area (Å²) in [6.45, 7) is 3.42. The molecule has 0 N–H and O–H groups in total. The third kappa shape index (κ3) is 2.91. The molecular formula is C12H12ClN3OS. The normalized spacial score (nSPS) is 12.4. The number of thioether (sulfide) groups is 1. The van der Waals surface area contributed by atoms with Gasteiger partial charge in [0.25, 0.3) is 0 Å². The van der Waals surface area contributed by atoms with Gasteiger partial charge in [-0.2, -0.15) is 0 Å². The molecule has 1 atom stereocenters. The summed E-state index contributed by atoms with van der Waals surface area (Å²) < 4.78 is 1.82. The molecule has 6 heteroatoms. The van der Waals surface area contributed by atoms with Crippen molar-refractivity contribution >= 4 is 29.1 Å². The Labute approximate surface area is 114 Å². The fourth-order valence-electron chi connectivity index (χ4n) is 1.35. The molecule has 0 saturated carbocycles. The van der Waals surface area contributed by atoms with E-state index in [4.69, 9.17) is 11.6 Å². The average molecular weight is 282 g/mol. The Bertz CT molecular complexity index is 570. The van der Waals surface area contributed by atoms with Crippen LogP contribution in [0, 0.1) is 0 Å². The molecule has 94 valence electrons. The Morgan fingerprint density at radius 3 is 2.94 bits per heavy atom. The van der Waals surface area contributed by atoms with Gasteiger partial charge in [-0.25, -0.2) is 0 Å². The van der Waals surface area contributed by atoms with E-state index in [1.165, 1.54) is 11.8 Å². The zero-order valence-corrected chi connectivity index (χ0v) is 11.6. The molecule has 1 heterocycles. The van der Waals surface area contributed by atoms with E-state index in [1.807, 2.05) is 29.7 Å². The Hall–Kier alpha value is -1.33. The molecule has 18 heavy (non-hydrogen) atoms. The van der Waals surface area contributed by atoms with Crippen LogP contribution < -0.4 is 0 Å². The second-order valence-electron chi connectivity index (χ2n) is 3.83. The predicted molar refractivity (Wildman–Crippen MR) is 72.4 cm³/mol. The third-order valence-corrected chi connectivity index (χ3v) is 3.87. The third-order valence-electron chi connectivity index (χ3n) is 2.46. The summed E-state index contributed by atoms with van der Waals surface area (Å²) in [4.78, 5) is 11.3. The summed E-state index contributed by atoms with van der Waals surface area (Å²) in [5.41, 5.74) is 0.880.